The minimum absolute atomic E-state index is 0.109. The number of nitrogens with one attached hydrogen (secondary N) is 2. The van der Waals surface area contributed by atoms with Crippen molar-refractivity contribution in [3.8, 4) is 0 Å². The minimum Gasteiger partial charge on any atom is -0.390 e. The van der Waals surface area contributed by atoms with Crippen molar-refractivity contribution in [2.45, 2.75) is 24.9 Å². The van der Waals surface area contributed by atoms with Gasteiger partial charge < -0.3 is 10.4 Å². The molecule has 0 radical (unpaired) electrons. The van der Waals surface area contributed by atoms with Crippen molar-refractivity contribution in [2.75, 3.05) is 11.9 Å². The van der Waals surface area contributed by atoms with Crippen molar-refractivity contribution in [1.29, 1.82) is 0 Å². The normalized spacial score (nSPS) is 14.7. The summed E-state index contributed by atoms with van der Waals surface area (Å²) in [5.41, 5.74) is 1.31. The van der Waals surface area contributed by atoms with Crippen LogP contribution in [0.25, 0.3) is 0 Å². The first kappa shape index (κ1) is 20.2. The molecule has 0 aliphatic heterocycles. The van der Waals surface area contributed by atoms with E-state index in [1.165, 1.54) is 0 Å². The average molecular weight is 509 g/mol. The summed E-state index contributed by atoms with van der Waals surface area (Å²) >= 11 is 8.19. The number of anilines is 2. The molecule has 1 amide bonds. The van der Waals surface area contributed by atoms with E-state index in [-0.39, 0.29) is 17.9 Å². The first-order valence-corrected chi connectivity index (χ1v) is 9.59. The molecule has 0 aromatic heterocycles. The Labute approximate surface area is 173 Å². The molecular weight excluding hydrogens is 493 g/mol. The zero-order valence-electron chi connectivity index (χ0n) is 14.0. The van der Waals surface area contributed by atoms with Crippen LogP contribution in [-0.2, 0) is 4.84 Å². The number of carbonyl (C=O) groups is 1. The Hall–Kier alpha value is -1.49. The van der Waals surface area contributed by atoms with Crippen LogP contribution in [0.4, 0.5) is 20.2 Å². The lowest BCUT2D eigenvalue weighted by atomic mass is 10.1. The Bertz CT molecular complexity index is 878. The molecule has 2 aromatic carbocycles. The molecule has 0 atom stereocenters. The number of benzene rings is 2. The van der Waals surface area contributed by atoms with Crippen LogP contribution in [0.2, 0.25) is 5.02 Å². The van der Waals surface area contributed by atoms with Crippen molar-refractivity contribution in [3.05, 3.63) is 56.1 Å². The molecule has 0 spiro atoms. The summed E-state index contributed by atoms with van der Waals surface area (Å²) in [6.07, 6.45) is 1.80. The van der Waals surface area contributed by atoms with Crippen LogP contribution in [0, 0.1) is 15.2 Å². The van der Waals surface area contributed by atoms with E-state index >= 15 is 0 Å². The molecule has 0 heterocycles. The maximum atomic E-state index is 14.3. The molecule has 3 N–H and O–H groups in total. The van der Waals surface area contributed by atoms with E-state index in [4.69, 9.17) is 16.4 Å². The van der Waals surface area contributed by atoms with Gasteiger partial charge in [0, 0.05) is 9.99 Å². The van der Waals surface area contributed by atoms with E-state index in [1.807, 2.05) is 0 Å². The highest BCUT2D eigenvalue weighted by Gasteiger charge is 2.39. The van der Waals surface area contributed by atoms with Gasteiger partial charge in [-0.15, -0.1) is 0 Å². The van der Waals surface area contributed by atoms with E-state index in [0.717, 1.165) is 15.7 Å². The zero-order valence-corrected chi connectivity index (χ0v) is 16.9. The summed E-state index contributed by atoms with van der Waals surface area (Å²) < 4.78 is 28.9. The lowest BCUT2D eigenvalue weighted by molar-refractivity contribution is 0.0120. The molecule has 5 nitrogen and oxygen atoms in total. The Balaban J connectivity index is 1.76. The number of hydrogen-bond donors (Lipinski definition) is 3. The molecule has 0 saturated heterocycles. The SMILES string of the molecule is O=C(NOCCC1(O)CC1)c1ccc(F)c(F)c1Nc1ccc(I)cc1Cl. The molecule has 3 rings (SSSR count). The topological polar surface area (TPSA) is 70.6 Å². The summed E-state index contributed by atoms with van der Waals surface area (Å²) in [4.78, 5) is 17.4. The fourth-order valence-corrected chi connectivity index (χ4v) is 3.30. The highest BCUT2D eigenvalue weighted by molar-refractivity contribution is 14.1. The first-order valence-electron chi connectivity index (χ1n) is 8.14. The van der Waals surface area contributed by atoms with Gasteiger partial charge >= 0.3 is 0 Å². The van der Waals surface area contributed by atoms with Crippen LogP contribution in [0.15, 0.2) is 30.3 Å². The number of aliphatic hydroxyl groups is 1. The van der Waals surface area contributed by atoms with Gasteiger partial charge in [0.2, 0.25) is 0 Å². The van der Waals surface area contributed by atoms with Crippen LogP contribution in [0.1, 0.15) is 29.6 Å². The van der Waals surface area contributed by atoms with Crippen molar-refractivity contribution in [2.24, 2.45) is 0 Å². The quantitative estimate of drug-likeness (QED) is 0.292. The fraction of sp³-hybridized carbons (Fsp3) is 0.278. The zero-order chi connectivity index (χ0) is 19.6. The van der Waals surface area contributed by atoms with Gasteiger partial charge in [0.15, 0.2) is 11.6 Å². The third-order valence-corrected chi connectivity index (χ3v) is 5.18. The molecule has 0 bridgehead atoms. The van der Waals surface area contributed by atoms with Gasteiger partial charge in [-0.3, -0.25) is 9.63 Å². The van der Waals surface area contributed by atoms with Gasteiger partial charge in [-0.05, 0) is 65.8 Å². The van der Waals surface area contributed by atoms with E-state index in [9.17, 15) is 18.7 Å². The summed E-state index contributed by atoms with van der Waals surface area (Å²) in [5, 5.41) is 12.7. The Kier molecular flexibility index (Phi) is 6.19. The first-order chi connectivity index (χ1) is 12.8. The minimum atomic E-state index is -1.20. The van der Waals surface area contributed by atoms with Crippen LogP contribution in [0.5, 0.6) is 0 Å². The number of hydroxylamine groups is 1. The predicted molar refractivity (Wildman–Crippen MR) is 106 cm³/mol. The van der Waals surface area contributed by atoms with Gasteiger partial charge in [-0.25, -0.2) is 14.3 Å². The second-order valence-corrected chi connectivity index (χ2v) is 7.94. The average Bonchev–Trinajstić information content (AvgIpc) is 3.35. The van der Waals surface area contributed by atoms with E-state index in [1.54, 1.807) is 18.2 Å². The highest BCUT2D eigenvalue weighted by Crippen LogP contribution is 2.38. The van der Waals surface area contributed by atoms with Gasteiger partial charge in [-0.2, -0.15) is 0 Å². The number of carbonyl (C=O) groups excluding carboxylic acids is 1. The molecular formula is C18H16ClF2IN2O3. The lowest BCUT2D eigenvalue weighted by Crippen LogP contribution is -2.27. The van der Waals surface area contributed by atoms with Gasteiger partial charge in [0.25, 0.3) is 5.91 Å². The Morgan fingerprint density at radius 1 is 1.30 bits per heavy atom. The van der Waals surface area contributed by atoms with Crippen molar-refractivity contribution in [1.82, 2.24) is 5.48 Å². The van der Waals surface area contributed by atoms with Gasteiger partial charge in [0.1, 0.15) is 0 Å². The Morgan fingerprint density at radius 3 is 2.70 bits per heavy atom. The van der Waals surface area contributed by atoms with Crippen LogP contribution < -0.4 is 10.8 Å². The number of amides is 1. The maximum absolute atomic E-state index is 14.3. The third kappa shape index (κ3) is 5.07. The predicted octanol–water partition coefficient (Wildman–Crippen LogP) is 4.54. The molecule has 27 heavy (non-hydrogen) atoms. The van der Waals surface area contributed by atoms with Crippen molar-refractivity contribution in [3.63, 3.8) is 0 Å². The smallest absolute Gasteiger partial charge is 0.277 e. The summed E-state index contributed by atoms with van der Waals surface area (Å²) in [5.74, 6) is -3.06. The van der Waals surface area contributed by atoms with Gasteiger partial charge in [0.05, 0.1) is 34.2 Å². The largest absolute Gasteiger partial charge is 0.390 e. The van der Waals surface area contributed by atoms with E-state index in [0.29, 0.717) is 30.0 Å². The molecule has 1 aliphatic rings. The lowest BCUT2D eigenvalue weighted by Gasteiger charge is -2.15. The second kappa shape index (κ2) is 8.26. The number of rotatable bonds is 7. The maximum Gasteiger partial charge on any atom is 0.277 e. The summed E-state index contributed by atoms with van der Waals surface area (Å²) in [6, 6.07) is 6.99. The second-order valence-electron chi connectivity index (χ2n) is 6.29. The van der Waals surface area contributed by atoms with Crippen LogP contribution in [-0.4, -0.2) is 23.2 Å². The summed E-state index contributed by atoms with van der Waals surface area (Å²) in [7, 11) is 0. The van der Waals surface area contributed by atoms with Crippen molar-refractivity contribution < 1.29 is 23.5 Å². The molecule has 1 fully saturated rings. The van der Waals surface area contributed by atoms with Crippen LogP contribution >= 0.6 is 34.2 Å². The summed E-state index contributed by atoms with van der Waals surface area (Å²) in [6.45, 7) is 0.109. The van der Waals surface area contributed by atoms with E-state index < -0.39 is 23.1 Å². The van der Waals surface area contributed by atoms with E-state index in [2.05, 4.69) is 33.4 Å². The third-order valence-electron chi connectivity index (χ3n) is 4.19. The highest BCUT2D eigenvalue weighted by atomic mass is 127. The molecule has 144 valence electrons. The molecule has 1 saturated carbocycles. The fourth-order valence-electron chi connectivity index (χ4n) is 2.39. The molecule has 0 unspecified atom stereocenters. The van der Waals surface area contributed by atoms with Crippen LogP contribution in [0.3, 0.4) is 0 Å². The molecule has 9 heteroatoms. The number of hydrogen-bond acceptors (Lipinski definition) is 4. The molecule has 2 aromatic rings. The molecule has 1 aliphatic carbocycles. The Morgan fingerprint density at radius 2 is 2.04 bits per heavy atom. The van der Waals surface area contributed by atoms with Gasteiger partial charge in [-0.1, -0.05) is 11.6 Å². The van der Waals surface area contributed by atoms with Crippen molar-refractivity contribution >= 4 is 51.5 Å². The monoisotopic (exact) mass is 508 g/mol. The standard InChI is InChI=1S/C18H16ClF2IN2O3/c19-12-9-10(22)1-4-14(12)23-16-11(2-3-13(20)15(16)21)17(25)24-27-8-7-18(26)5-6-18/h1-4,9,23,26H,5-8H2,(H,24,25). The number of halogens is 4.